The first-order valence-corrected chi connectivity index (χ1v) is 6.16. The van der Waals surface area contributed by atoms with Gasteiger partial charge in [-0.05, 0) is 6.55 Å². The van der Waals surface area contributed by atoms with Gasteiger partial charge in [-0.15, -0.1) is 0 Å². The van der Waals surface area contributed by atoms with Crippen LogP contribution in [0.1, 0.15) is 6.92 Å². The Morgan fingerprint density at radius 2 is 2.00 bits per heavy atom. The van der Waals surface area contributed by atoms with Gasteiger partial charge in [-0.3, -0.25) is 0 Å². The summed E-state index contributed by atoms with van der Waals surface area (Å²) < 4.78 is 11.0. The van der Waals surface area contributed by atoms with Gasteiger partial charge < -0.3 is 14.6 Å². The summed E-state index contributed by atoms with van der Waals surface area (Å²) in [5, 5.41) is 0. The molecule has 1 saturated heterocycles. The summed E-state index contributed by atoms with van der Waals surface area (Å²) in [7, 11) is -1.87. The van der Waals surface area contributed by atoms with Gasteiger partial charge in [-0.1, -0.05) is 6.92 Å². The smallest absolute Gasteiger partial charge is 0.348 e. The van der Waals surface area contributed by atoms with E-state index in [4.69, 9.17) is 14.6 Å². The number of hydrogen-bond acceptors (Lipinski definition) is 3. The molecule has 2 N–H and O–H groups in total. The van der Waals surface area contributed by atoms with E-state index in [1.54, 1.807) is 0 Å². The summed E-state index contributed by atoms with van der Waals surface area (Å²) >= 11 is 0. The predicted molar refractivity (Wildman–Crippen MR) is 41.7 cm³/mol. The third kappa shape index (κ3) is 1.79. The number of rotatable bonds is 1. The fourth-order valence-corrected chi connectivity index (χ4v) is 2.44. The van der Waals surface area contributed by atoms with Crippen LogP contribution < -0.4 is 5.73 Å². The number of nitrogens with two attached hydrogens (primary N) is 1. The normalized spacial score (nSPS) is 41.7. The van der Waals surface area contributed by atoms with Crippen molar-refractivity contribution in [1.82, 2.24) is 0 Å². The van der Waals surface area contributed by atoms with E-state index in [1.165, 1.54) is 0 Å². The van der Waals surface area contributed by atoms with E-state index < -0.39 is 8.56 Å². The minimum Gasteiger partial charge on any atom is -0.393 e. The molecule has 0 amide bonds. The van der Waals surface area contributed by atoms with E-state index in [9.17, 15) is 0 Å². The molecular formula is C6H15NO2Si. The van der Waals surface area contributed by atoms with Gasteiger partial charge in [0.25, 0.3) is 0 Å². The Morgan fingerprint density at radius 3 is 2.40 bits per heavy atom. The van der Waals surface area contributed by atoms with Gasteiger partial charge >= 0.3 is 8.56 Å². The minimum atomic E-state index is -1.87. The Bertz CT molecular complexity index is 112. The van der Waals surface area contributed by atoms with Crippen LogP contribution in [-0.4, -0.2) is 27.9 Å². The molecule has 0 radical (unpaired) electrons. The van der Waals surface area contributed by atoms with Crippen molar-refractivity contribution in [2.24, 2.45) is 11.7 Å². The van der Waals surface area contributed by atoms with Crippen LogP contribution in [0.3, 0.4) is 0 Å². The molecule has 4 heteroatoms. The van der Waals surface area contributed by atoms with Gasteiger partial charge in [0, 0.05) is 25.3 Å². The first-order chi connectivity index (χ1) is 4.66. The van der Waals surface area contributed by atoms with Crippen LogP contribution in [0.5, 0.6) is 0 Å². The van der Waals surface area contributed by atoms with E-state index in [1.807, 2.05) is 6.55 Å². The lowest BCUT2D eigenvalue weighted by Crippen LogP contribution is -2.51. The first-order valence-electron chi connectivity index (χ1n) is 3.64. The lowest BCUT2D eigenvalue weighted by atomic mass is 10.2. The van der Waals surface area contributed by atoms with E-state index in [0.717, 1.165) is 13.2 Å². The molecule has 60 valence electrons. The summed E-state index contributed by atoms with van der Waals surface area (Å²) in [6.45, 7) is 5.77. The second-order valence-electron chi connectivity index (χ2n) is 3.07. The van der Waals surface area contributed by atoms with Crippen LogP contribution >= 0.6 is 0 Å². The lowest BCUT2D eigenvalue weighted by Gasteiger charge is -2.33. The van der Waals surface area contributed by atoms with Gasteiger partial charge in [0.2, 0.25) is 0 Å². The molecule has 0 aromatic carbocycles. The molecule has 0 saturated carbocycles. The molecule has 3 nitrogen and oxygen atoms in total. The molecule has 0 bridgehead atoms. The SMILES string of the molecule is CC1CO[Si](C)(CN)OC1. The highest BCUT2D eigenvalue weighted by Gasteiger charge is 2.34. The average molecular weight is 161 g/mol. The molecule has 1 fully saturated rings. The maximum absolute atomic E-state index is 5.52. The molecule has 0 aromatic rings. The van der Waals surface area contributed by atoms with Crippen molar-refractivity contribution in [2.75, 3.05) is 19.4 Å². The quantitative estimate of drug-likeness (QED) is 0.560. The monoisotopic (exact) mass is 161 g/mol. The Kier molecular flexibility index (Phi) is 2.46. The third-order valence-electron chi connectivity index (χ3n) is 1.72. The van der Waals surface area contributed by atoms with Crippen molar-refractivity contribution in [1.29, 1.82) is 0 Å². The van der Waals surface area contributed by atoms with E-state index >= 15 is 0 Å². The van der Waals surface area contributed by atoms with Crippen LogP contribution in [0, 0.1) is 5.92 Å². The van der Waals surface area contributed by atoms with Gasteiger partial charge in [-0.2, -0.15) is 0 Å². The molecule has 1 rings (SSSR count). The Morgan fingerprint density at radius 1 is 1.50 bits per heavy atom. The lowest BCUT2D eigenvalue weighted by molar-refractivity contribution is 0.0711. The van der Waals surface area contributed by atoms with Crippen LogP contribution in [0.4, 0.5) is 0 Å². The zero-order valence-electron chi connectivity index (χ0n) is 6.59. The summed E-state index contributed by atoms with van der Waals surface area (Å²) in [4.78, 5) is 0. The highest BCUT2D eigenvalue weighted by atomic mass is 28.4. The molecule has 10 heavy (non-hydrogen) atoms. The number of hydrogen-bond donors (Lipinski definition) is 1. The highest BCUT2D eigenvalue weighted by Crippen LogP contribution is 2.15. The summed E-state index contributed by atoms with van der Waals surface area (Å²) in [6, 6.07) is 0. The predicted octanol–water partition coefficient (Wildman–Crippen LogP) is 0.239. The molecule has 0 spiro atoms. The summed E-state index contributed by atoms with van der Waals surface area (Å²) in [5.74, 6) is 0.534. The molecule has 0 unspecified atom stereocenters. The van der Waals surface area contributed by atoms with E-state index in [-0.39, 0.29) is 0 Å². The Hall–Kier alpha value is 0.0969. The Labute approximate surface area is 62.8 Å². The van der Waals surface area contributed by atoms with Crippen LogP contribution in [-0.2, 0) is 8.85 Å². The van der Waals surface area contributed by atoms with Crippen molar-refractivity contribution in [2.45, 2.75) is 13.5 Å². The van der Waals surface area contributed by atoms with Gasteiger partial charge in [0.05, 0.1) is 0 Å². The van der Waals surface area contributed by atoms with Crippen molar-refractivity contribution in [3.8, 4) is 0 Å². The fraction of sp³-hybridized carbons (Fsp3) is 1.00. The second kappa shape index (κ2) is 3.00. The topological polar surface area (TPSA) is 44.5 Å². The van der Waals surface area contributed by atoms with Crippen LogP contribution in [0.15, 0.2) is 0 Å². The van der Waals surface area contributed by atoms with Gasteiger partial charge in [0.15, 0.2) is 0 Å². The molecule has 1 aliphatic heterocycles. The largest absolute Gasteiger partial charge is 0.393 e. The molecule has 0 aliphatic carbocycles. The van der Waals surface area contributed by atoms with Crippen molar-refractivity contribution in [3.05, 3.63) is 0 Å². The molecular weight excluding hydrogens is 146 g/mol. The average Bonchev–Trinajstić information content (AvgIpc) is 1.96. The van der Waals surface area contributed by atoms with Crippen LogP contribution in [0.2, 0.25) is 6.55 Å². The Balaban J connectivity index is 2.38. The first kappa shape index (κ1) is 8.20. The fourth-order valence-electron chi connectivity index (χ4n) is 0.845. The van der Waals surface area contributed by atoms with Gasteiger partial charge in [-0.25, -0.2) is 0 Å². The molecule has 1 aliphatic rings. The molecule has 0 atom stereocenters. The zero-order chi connectivity index (χ0) is 7.61. The maximum Gasteiger partial charge on any atom is 0.348 e. The third-order valence-corrected chi connectivity index (χ3v) is 4.01. The molecule has 0 aromatic heterocycles. The highest BCUT2D eigenvalue weighted by molar-refractivity contribution is 6.66. The summed E-state index contributed by atoms with van der Waals surface area (Å²) in [5.41, 5.74) is 5.49. The van der Waals surface area contributed by atoms with Crippen molar-refractivity contribution < 1.29 is 8.85 Å². The van der Waals surface area contributed by atoms with Crippen molar-refractivity contribution in [3.63, 3.8) is 0 Å². The maximum atomic E-state index is 5.52. The zero-order valence-corrected chi connectivity index (χ0v) is 7.59. The van der Waals surface area contributed by atoms with E-state index in [2.05, 4.69) is 6.92 Å². The van der Waals surface area contributed by atoms with Gasteiger partial charge in [0.1, 0.15) is 0 Å². The second-order valence-corrected chi connectivity index (χ2v) is 6.32. The van der Waals surface area contributed by atoms with E-state index in [0.29, 0.717) is 12.1 Å². The van der Waals surface area contributed by atoms with Crippen LogP contribution in [0.25, 0.3) is 0 Å². The van der Waals surface area contributed by atoms with Crippen molar-refractivity contribution >= 4 is 8.56 Å². The minimum absolute atomic E-state index is 0.534. The molecule has 1 heterocycles. The standard InChI is InChI=1S/C6H15NO2Si/c1-6-3-8-10(2,5-7)9-4-6/h6H,3-5,7H2,1-2H3. The summed E-state index contributed by atoms with van der Waals surface area (Å²) in [6.07, 6.45) is 0.569.